The minimum absolute atomic E-state index is 0.529. The molecule has 0 aliphatic carbocycles. The molecule has 0 saturated carbocycles. The molecule has 0 bridgehead atoms. The van der Waals surface area contributed by atoms with Crippen molar-refractivity contribution >= 4 is 18.3 Å². The van der Waals surface area contributed by atoms with Gasteiger partial charge in [-0.15, -0.1) is 0 Å². The van der Waals surface area contributed by atoms with Crippen LogP contribution in [0.15, 0.2) is 12.4 Å². The molecule has 0 saturated heterocycles. The third kappa shape index (κ3) is 1.30. The molecule has 2 rings (SSSR count). The van der Waals surface area contributed by atoms with Crippen molar-refractivity contribution in [2.45, 2.75) is 6.42 Å². The number of aromatic nitrogens is 1. The smallest absolute Gasteiger partial charge is 0.423 e. The van der Waals surface area contributed by atoms with E-state index in [9.17, 15) is 0 Å². The van der Waals surface area contributed by atoms with Gasteiger partial charge in [-0.1, -0.05) is 0 Å². The Labute approximate surface area is 77.0 Å². The highest BCUT2D eigenvalue weighted by Gasteiger charge is 2.24. The normalized spacial score (nSPS) is 14.5. The van der Waals surface area contributed by atoms with Crippen LogP contribution in [-0.4, -0.2) is 35.7 Å². The van der Waals surface area contributed by atoms with Crippen LogP contribution in [-0.2, 0) is 6.42 Å². The summed E-state index contributed by atoms with van der Waals surface area (Å²) in [6.07, 6.45) is 4.14. The third-order valence-corrected chi connectivity index (χ3v) is 2.45. The Kier molecular flexibility index (Phi) is 1.98. The molecule has 68 valence electrons. The van der Waals surface area contributed by atoms with E-state index in [1.54, 1.807) is 6.20 Å². The average molecular weight is 178 g/mol. The maximum Gasteiger partial charge on any atom is 0.490 e. The van der Waals surface area contributed by atoms with E-state index < -0.39 is 7.12 Å². The summed E-state index contributed by atoms with van der Waals surface area (Å²) < 4.78 is 0. The maximum absolute atomic E-state index is 9.07. The molecule has 1 aliphatic rings. The van der Waals surface area contributed by atoms with Crippen molar-refractivity contribution in [2.24, 2.45) is 0 Å². The monoisotopic (exact) mass is 178 g/mol. The SMILES string of the molecule is CN1CCc2c(B(O)O)cncc21. The number of likely N-dealkylation sites (N-methyl/N-ethyl adjacent to an activating group) is 1. The second-order valence-corrected chi connectivity index (χ2v) is 3.27. The van der Waals surface area contributed by atoms with Gasteiger partial charge in [0.1, 0.15) is 0 Å². The lowest BCUT2D eigenvalue weighted by molar-refractivity contribution is 0.425. The highest BCUT2D eigenvalue weighted by Crippen LogP contribution is 2.23. The predicted molar refractivity (Wildman–Crippen MR) is 51.0 cm³/mol. The summed E-state index contributed by atoms with van der Waals surface area (Å²) in [4.78, 5) is 6.03. The van der Waals surface area contributed by atoms with E-state index in [4.69, 9.17) is 10.0 Å². The summed E-state index contributed by atoms with van der Waals surface area (Å²) in [5.74, 6) is 0. The number of nitrogens with zero attached hydrogens (tertiary/aromatic N) is 2. The van der Waals surface area contributed by atoms with Crippen molar-refractivity contribution in [1.82, 2.24) is 4.98 Å². The molecule has 0 spiro atoms. The molecule has 0 amide bonds. The van der Waals surface area contributed by atoms with E-state index in [1.807, 2.05) is 7.05 Å². The van der Waals surface area contributed by atoms with Crippen LogP contribution in [0.5, 0.6) is 0 Å². The Bertz CT molecular complexity index is 330. The predicted octanol–water partition coefficient (Wildman–Crippen LogP) is -1.25. The lowest BCUT2D eigenvalue weighted by Crippen LogP contribution is -2.33. The number of hydrogen-bond donors (Lipinski definition) is 2. The van der Waals surface area contributed by atoms with E-state index in [1.165, 1.54) is 6.20 Å². The van der Waals surface area contributed by atoms with Gasteiger partial charge >= 0.3 is 7.12 Å². The number of pyridine rings is 1. The molecule has 0 aromatic carbocycles. The fraction of sp³-hybridized carbons (Fsp3) is 0.375. The molecule has 2 heterocycles. The summed E-state index contributed by atoms with van der Waals surface area (Å²) in [5, 5.41) is 18.1. The zero-order valence-electron chi connectivity index (χ0n) is 7.44. The van der Waals surface area contributed by atoms with Crippen LogP contribution < -0.4 is 10.4 Å². The summed E-state index contributed by atoms with van der Waals surface area (Å²) in [6, 6.07) is 0. The number of anilines is 1. The van der Waals surface area contributed by atoms with Crippen molar-refractivity contribution < 1.29 is 10.0 Å². The first kappa shape index (κ1) is 8.53. The number of rotatable bonds is 1. The van der Waals surface area contributed by atoms with Crippen molar-refractivity contribution in [3.05, 3.63) is 18.0 Å². The van der Waals surface area contributed by atoms with E-state index in [2.05, 4.69) is 9.88 Å². The van der Waals surface area contributed by atoms with Crippen LogP contribution in [0.2, 0.25) is 0 Å². The van der Waals surface area contributed by atoms with Gasteiger partial charge < -0.3 is 14.9 Å². The summed E-state index contributed by atoms with van der Waals surface area (Å²) in [7, 11) is 0.565. The second-order valence-electron chi connectivity index (χ2n) is 3.27. The van der Waals surface area contributed by atoms with Gasteiger partial charge in [0.05, 0.1) is 11.9 Å². The Morgan fingerprint density at radius 1 is 1.46 bits per heavy atom. The van der Waals surface area contributed by atoms with E-state index in [0.29, 0.717) is 5.46 Å². The first-order valence-electron chi connectivity index (χ1n) is 4.24. The molecule has 13 heavy (non-hydrogen) atoms. The Balaban J connectivity index is 2.51. The van der Waals surface area contributed by atoms with Gasteiger partial charge in [-0.2, -0.15) is 0 Å². The van der Waals surface area contributed by atoms with Crippen LogP contribution in [0.3, 0.4) is 0 Å². The highest BCUT2D eigenvalue weighted by molar-refractivity contribution is 6.59. The van der Waals surface area contributed by atoms with E-state index in [0.717, 1.165) is 24.2 Å². The quantitative estimate of drug-likeness (QED) is 0.527. The van der Waals surface area contributed by atoms with Crippen LogP contribution in [0.25, 0.3) is 0 Å². The average Bonchev–Trinajstić information content (AvgIpc) is 2.48. The number of fused-ring (bicyclic) bond motifs is 1. The van der Waals surface area contributed by atoms with Crippen molar-refractivity contribution in [3.63, 3.8) is 0 Å². The fourth-order valence-electron chi connectivity index (χ4n) is 1.72. The topological polar surface area (TPSA) is 56.6 Å². The van der Waals surface area contributed by atoms with Crippen molar-refractivity contribution in [3.8, 4) is 0 Å². The Morgan fingerprint density at radius 2 is 2.23 bits per heavy atom. The molecule has 0 unspecified atom stereocenters. The van der Waals surface area contributed by atoms with Gasteiger partial charge in [0.2, 0.25) is 0 Å². The van der Waals surface area contributed by atoms with Crippen molar-refractivity contribution in [2.75, 3.05) is 18.5 Å². The molecule has 0 fully saturated rings. The van der Waals surface area contributed by atoms with Crippen molar-refractivity contribution in [1.29, 1.82) is 0 Å². The zero-order chi connectivity index (χ0) is 9.42. The molecular formula is C8H11BN2O2. The molecule has 1 aromatic rings. The van der Waals surface area contributed by atoms with E-state index >= 15 is 0 Å². The molecule has 1 aliphatic heterocycles. The Hall–Kier alpha value is -1.07. The van der Waals surface area contributed by atoms with Crippen LogP contribution >= 0.6 is 0 Å². The van der Waals surface area contributed by atoms with Gasteiger partial charge in [-0.05, 0) is 12.0 Å². The minimum Gasteiger partial charge on any atom is -0.423 e. The molecule has 2 N–H and O–H groups in total. The zero-order valence-corrected chi connectivity index (χ0v) is 7.44. The maximum atomic E-state index is 9.07. The molecular weight excluding hydrogens is 167 g/mol. The Morgan fingerprint density at radius 3 is 2.92 bits per heavy atom. The van der Waals surface area contributed by atoms with Gasteiger partial charge in [0, 0.05) is 25.3 Å². The molecule has 4 nitrogen and oxygen atoms in total. The van der Waals surface area contributed by atoms with Gasteiger partial charge in [0.15, 0.2) is 0 Å². The highest BCUT2D eigenvalue weighted by atomic mass is 16.4. The number of hydrogen-bond acceptors (Lipinski definition) is 4. The molecule has 0 atom stereocenters. The largest absolute Gasteiger partial charge is 0.490 e. The molecule has 5 heteroatoms. The summed E-state index contributed by atoms with van der Waals surface area (Å²) >= 11 is 0. The summed E-state index contributed by atoms with van der Waals surface area (Å²) in [5.41, 5.74) is 2.54. The van der Waals surface area contributed by atoms with Crippen LogP contribution in [0, 0.1) is 0 Å². The van der Waals surface area contributed by atoms with Crippen LogP contribution in [0.1, 0.15) is 5.56 Å². The first-order valence-corrected chi connectivity index (χ1v) is 4.24. The lowest BCUT2D eigenvalue weighted by atomic mass is 9.77. The first-order chi connectivity index (χ1) is 6.20. The van der Waals surface area contributed by atoms with Gasteiger partial charge in [0.25, 0.3) is 0 Å². The van der Waals surface area contributed by atoms with E-state index in [-0.39, 0.29) is 0 Å². The van der Waals surface area contributed by atoms with Crippen LogP contribution in [0.4, 0.5) is 5.69 Å². The molecule has 1 aromatic heterocycles. The lowest BCUT2D eigenvalue weighted by Gasteiger charge is -2.11. The standard InChI is InChI=1S/C8H11BN2O2/c1-11-3-2-6-7(9(12)13)4-10-5-8(6)11/h4-5,12-13H,2-3H2,1H3. The summed E-state index contributed by atoms with van der Waals surface area (Å²) in [6.45, 7) is 0.917. The molecule has 0 radical (unpaired) electrons. The minimum atomic E-state index is -1.41. The second kappa shape index (κ2) is 3.01. The fourth-order valence-corrected chi connectivity index (χ4v) is 1.72. The third-order valence-electron chi connectivity index (χ3n) is 2.45. The van der Waals surface area contributed by atoms with Gasteiger partial charge in [-0.3, -0.25) is 4.98 Å². The van der Waals surface area contributed by atoms with Gasteiger partial charge in [-0.25, -0.2) is 0 Å².